The largest absolute Gasteiger partial charge is 0.368 e. The van der Waals surface area contributed by atoms with Crippen molar-refractivity contribution in [3.63, 3.8) is 0 Å². The molecule has 3 amide bonds. The van der Waals surface area contributed by atoms with Gasteiger partial charge >= 0.3 is 0 Å². The van der Waals surface area contributed by atoms with Crippen molar-refractivity contribution in [3.8, 4) is 0 Å². The Kier molecular flexibility index (Phi) is 7.91. The van der Waals surface area contributed by atoms with Gasteiger partial charge in [-0.25, -0.2) is 4.39 Å². The molecule has 0 radical (unpaired) electrons. The second-order valence-corrected chi connectivity index (χ2v) is 7.63. The molecule has 28 heavy (non-hydrogen) atoms. The maximum absolute atomic E-state index is 13.4. The molecule has 148 valence electrons. The Labute approximate surface area is 176 Å². The van der Waals surface area contributed by atoms with Gasteiger partial charge in [-0.15, -0.1) is 0 Å². The first-order valence-electron chi connectivity index (χ1n) is 8.60. The summed E-state index contributed by atoms with van der Waals surface area (Å²) in [6.45, 7) is 1.28. The van der Waals surface area contributed by atoms with Crippen LogP contribution in [0, 0.1) is 9.39 Å². The van der Waals surface area contributed by atoms with Gasteiger partial charge in [0.05, 0.1) is 0 Å². The van der Waals surface area contributed by atoms with E-state index in [1.54, 1.807) is 6.07 Å². The normalized spacial score (nSPS) is 12.7. The molecule has 0 aliphatic rings. The molecule has 0 aromatic heterocycles. The first kappa shape index (κ1) is 21.8. The highest BCUT2D eigenvalue weighted by Crippen LogP contribution is 2.11. The number of nitrogens with one attached hydrogen (secondary N) is 2. The molecule has 2 atom stereocenters. The molecule has 0 aliphatic heterocycles. The number of primary amides is 1. The van der Waals surface area contributed by atoms with Crippen LogP contribution in [0.3, 0.4) is 0 Å². The second-order valence-electron chi connectivity index (χ2n) is 6.38. The Hall–Kier alpha value is -2.49. The van der Waals surface area contributed by atoms with Crippen molar-refractivity contribution in [2.24, 2.45) is 5.73 Å². The number of amides is 3. The smallest absolute Gasteiger partial charge is 0.243 e. The predicted molar refractivity (Wildman–Crippen MR) is 112 cm³/mol. The quantitative estimate of drug-likeness (QED) is 0.484. The van der Waals surface area contributed by atoms with Gasteiger partial charge in [-0.05, 0) is 58.0 Å². The fraction of sp³-hybridized carbons (Fsp3) is 0.250. The lowest BCUT2D eigenvalue weighted by Gasteiger charge is -2.22. The first-order chi connectivity index (χ1) is 13.2. The van der Waals surface area contributed by atoms with Gasteiger partial charge in [0.2, 0.25) is 17.7 Å². The van der Waals surface area contributed by atoms with Crippen LogP contribution in [0.1, 0.15) is 18.1 Å². The Morgan fingerprint density at radius 3 is 2.18 bits per heavy atom. The predicted octanol–water partition coefficient (Wildman–Crippen LogP) is 1.69. The van der Waals surface area contributed by atoms with Gasteiger partial charge in [0, 0.05) is 23.3 Å². The zero-order chi connectivity index (χ0) is 20.7. The summed E-state index contributed by atoms with van der Waals surface area (Å²) in [4.78, 5) is 36.1. The summed E-state index contributed by atoms with van der Waals surface area (Å²) in [6.07, 6.45) is 0.308. The minimum atomic E-state index is -0.961. The summed E-state index contributed by atoms with van der Waals surface area (Å²) in [5.41, 5.74) is 6.84. The molecule has 0 saturated heterocycles. The number of carbonyl (C=O) groups excluding carboxylic acids is 3. The van der Waals surface area contributed by atoms with Crippen LogP contribution in [0.15, 0.2) is 48.5 Å². The first-order valence-corrected chi connectivity index (χ1v) is 9.68. The van der Waals surface area contributed by atoms with E-state index >= 15 is 0 Å². The van der Waals surface area contributed by atoms with Crippen molar-refractivity contribution in [2.45, 2.75) is 31.8 Å². The minimum absolute atomic E-state index is 0.0812. The lowest BCUT2D eigenvalue weighted by molar-refractivity contribution is -0.130. The van der Waals surface area contributed by atoms with Crippen LogP contribution in [0.4, 0.5) is 4.39 Å². The minimum Gasteiger partial charge on any atom is -0.368 e. The maximum atomic E-state index is 13.4. The number of benzene rings is 2. The van der Waals surface area contributed by atoms with E-state index in [9.17, 15) is 18.8 Å². The third kappa shape index (κ3) is 6.91. The van der Waals surface area contributed by atoms with Gasteiger partial charge in [0.25, 0.3) is 0 Å². The monoisotopic (exact) mass is 497 g/mol. The molecule has 0 fully saturated rings. The number of nitrogens with two attached hydrogens (primary N) is 1. The molecular formula is C20H21FIN3O3. The van der Waals surface area contributed by atoms with Gasteiger partial charge in [0.15, 0.2) is 0 Å². The highest BCUT2D eigenvalue weighted by atomic mass is 127. The van der Waals surface area contributed by atoms with Crippen LogP contribution in [0.5, 0.6) is 0 Å². The number of carbonyl (C=O) groups is 3. The molecule has 6 nitrogen and oxygen atoms in total. The van der Waals surface area contributed by atoms with Crippen molar-refractivity contribution in [2.75, 3.05) is 0 Å². The van der Waals surface area contributed by atoms with Crippen LogP contribution in [0.25, 0.3) is 0 Å². The molecule has 0 heterocycles. The Morgan fingerprint density at radius 2 is 1.61 bits per heavy atom. The molecule has 0 spiro atoms. The fourth-order valence-corrected chi connectivity index (χ4v) is 3.36. The van der Waals surface area contributed by atoms with Crippen LogP contribution >= 0.6 is 22.6 Å². The van der Waals surface area contributed by atoms with Gasteiger partial charge in [-0.1, -0.05) is 24.3 Å². The maximum Gasteiger partial charge on any atom is 0.243 e. The zero-order valence-corrected chi connectivity index (χ0v) is 17.4. The number of hydrogen-bond acceptors (Lipinski definition) is 3. The number of halogens is 2. The summed E-state index contributed by atoms with van der Waals surface area (Å²) < 4.78 is 14.4. The molecule has 2 rings (SSSR count). The summed E-state index contributed by atoms with van der Waals surface area (Å²) in [5, 5.41) is 5.14. The van der Waals surface area contributed by atoms with E-state index in [1.807, 2.05) is 24.3 Å². The van der Waals surface area contributed by atoms with Crippen LogP contribution in [-0.2, 0) is 27.2 Å². The Balaban J connectivity index is 2.14. The lowest BCUT2D eigenvalue weighted by Crippen LogP contribution is -2.54. The summed E-state index contributed by atoms with van der Waals surface area (Å²) in [5.74, 6) is -2.09. The fourth-order valence-electron chi connectivity index (χ4n) is 2.75. The van der Waals surface area contributed by atoms with E-state index in [1.165, 1.54) is 25.1 Å². The van der Waals surface area contributed by atoms with Crippen molar-refractivity contribution < 1.29 is 18.8 Å². The van der Waals surface area contributed by atoms with Crippen LogP contribution < -0.4 is 16.4 Å². The van der Waals surface area contributed by atoms with Crippen LogP contribution in [-0.4, -0.2) is 29.8 Å². The van der Waals surface area contributed by atoms with Gasteiger partial charge < -0.3 is 16.4 Å². The second kappa shape index (κ2) is 10.2. The molecule has 8 heteroatoms. The van der Waals surface area contributed by atoms with Crippen molar-refractivity contribution in [1.29, 1.82) is 0 Å². The Morgan fingerprint density at radius 1 is 1.00 bits per heavy atom. The molecule has 0 aliphatic carbocycles. The molecule has 0 saturated carbocycles. The van der Waals surface area contributed by atoms with Gasteiger partial charge in [0.1, 0.15) is 17.9 Å². The molecule has 4 N–H and O–H groups in total. The third-order valence-electron chi connectivity index (χ3n) is 4.01. The summed E-state index contributed by atoms with van der Waals surface area (Å²) in [6, 6.07) is 11.4. The zero-order valence-electron chi connectivity index (χ0n) is 15.2. The summed E-state index contributed by atoms with van der Waals surface area (Å²) in [7, 11) is 0. The molecular weight excluding hydrogens is 476 g/mol. The van der Waals surface area contributed by atoms with E-state index in [2.05, 4.69) is 33.2 Å². The summed E-state index contributed by atoms with van der Waals surface area (Å²) >= 11 is 2.15. The average Bonchev–Trinajstić information content (AvgIpc) is 2.60. The topological polar surface area (TPSA) is 101 Å². The van der Waals surface area contributed by atoms with Gasteiger partial charge in [-0.3, -0.25) is 14.4 Å². The SMILES string of the molecule is CC(=O)N[C@H](Cc1cccc(F)c1)C(=O)N[C@H](Cc1cccc(I)c1)C(N)=O. The molecule has 0 unspecified atom stereocenters. The van der Waals surface area contributed by atoms with E-state index < -0.39 is 35.6 Å². The standard InChI is InChI=1S/C20H21FIN3O3/c1-12(26)24-18(11-13-4-2-6-15(21)8-13)20(28)25-17(19(23)27)10-14-5-3-7-16(22)9-14/h2-9,17-18H,10-11H2,1H3,(H2,23,27)(H,24,26)(H,25,28)/t17-,18-/m1/s1. The lowest BCUT2D eigenvalue weighted by atomic mass is 10.0. The van der Waals surface area contributed by atoms with Crippen molar-refractivity contribution >= 4 is 40.3 Å². The highest BCUT2D eigenvalue weighted by molar-refractivity contribution is 14.1. The van der Waals surface area contributed by atoms with Gasteiger partial charge in [-0.2, -0.15) is 0 Å². The number of rotatable bonds is 8. The van der Waals surface area contributed by atoms with E-state index in [4.69, 9.17) is 5.73 Å². The van der Waals surface area contributed by atoms with E-state index in [-0.39, 0.29) is 12.8 Å². The average molecular weight is 497 g/mol. The van der Waals surface area contributed by atoms with Crippen LogP contribution in [0.2, 0.25) is 0 Å². The molecule has 0 bridgehead atoms. The molecule has 2 aromatic carbocycles. The number of hydrogen-bond donors (Lipinski definition) is 3. The highest BCUT2D eigenvalue weighted by Gasteiger charge is 2.25. The Bertz CT molecular complexity index is 875. The van der Waals surface area contributed by atoms with E-state index in [0.717, 1.165) is 9.13 Å². The van der Waals surface area contributed by atoms with E-state index in [0.29, 0.717) is 5.56 Å². The van der Waals surface area contributed by atoms with Crippen molar-refractivity contribution in [1.82, 2.24) is 10.6 Å². The third-order valence-corrected chi connectivity index (χ3v) is 4.68. The van der Waals surface area contributed by atoms with Crippen molar-refractivity contribution in [3.05, 3.63) is 69.0 Å². The molecule has 2 aromatic rings.